The highest BCUT2D eigenvalue weighted by atomic mass is 16.1. The van der Waals surface area contributed by atoms with Crippen LogP contribution < -0.4 is 5.56 Å². The van der Waals surface area contributed by atoms with Crippen molar-refractivity contribution in [3.8, 4) is 11.4 Å². The summed E-state index contributed by atoms with van der Waals surface area (Å²) in [6.07, 6.45) is 4.35. The zero-order valence-corrected chi connectivity index (χ0v) is 12.1. The van der Waals surface area contributed by atoms with E-state index in [0.717, 1.165) is 28.5 Å². The molecule has 0 spiro atoms. The lowest BCUT2D eigenvalue weighted by atomic mass is 10.1. The predicted molar refractivity (Wildman–Crippen MR) is 84.1 cm³/mol. The van der Waals surface area contributed by atoms with Crippen molar-refractivity contribution >= 4 is 10.8 Å². The molecule has 3 rings (SSSR count). The molecule has 0 radical (unpaired) electrons. The number of hydrogen-bond donors (Lipinski definition) is 1. The Morgan fingerprint density at radius 3 is 2.81 bits per heavy atom. The molecule has 0 aliphatic carbocycles. The van der Waals surface area contributed by atoms with Crippen molar-refractivity contribution in [2.45, 2.75) is 20.3 Å². The molecule has 2 aromatic heterocycles. The number of fused-ring (bicyclic) bond motifs is 1. The number of aromatic nitrogens is 3. The third-order valence-electron chi connectivity index (χ3n) is 3.34. The van der Waals surface area contributed by atoms with Gasteiger partial charge in [0.1, 0.15) is 5.82 Å². The third-order valence-corrected chi connectivity index (χ3v) is 3.34. The third kappa shape index (κ3) is 2.84. The van der Waals surface area contributed by atoms with Crippen LogP contribution in [0.3, 0.4) is 0 Å². The molecule has 4 nitrogen and oxygen atoms in total. The summed E-state index contributed by atoms with van der Waals surface area (Å²) >= 11 is 0. The van der Waals surface area contributed by atoms with Gasteiger partial charge in [0, 0.05) is 35.1 Å². The number of pyridine rings is 1. The van der Waals surface area contributed by atoms with E-state index in [4.69, 9.17) is 0 Å². The van der Waals surface area contributed by atoms with Crippen LogP contribution in [0.25, 0.3) is 22.2 Å². The van der Waals surface area contributed by atoms with Crippen molar-refractivity contribution in [1.82, 2.24) is 15.0 Å². The summed E-state index contributed by atoms with van der Waals surface area (Å²) in [5.74, 6) is 1.04. The van der Waals surface area contributed by atoms with Gasteiger partial charge in [0.15, 0.2) is 0 Å². The molecule has 21 heavy (non-hydrogen) atoms. The Kier molecular flexibility index (Phi) is 3.52. The minimum Gasteiger partial charge on any atom is -0.306 e. The number of aromatic amines is 1. The Balaban J connectivity index is 2.18. The van der Waals surface area contributed by atoms with Crippen molar-refractivity contribution in [3.05, 3.63) is 58.8 Å². The summed E-state index contributed by atoms with van der Waals surface area (Å²) in [6, 6.07) is 9.53. The van der Waals surface area contributed by atoms with Crippen molar-refractivity contribution in [2.24, 2.45) is 5.92 Å². The van der Waals surface area contributed by atoms with Crippen LogP contribution in [0.5, 0.6) is 0 Å². The molecule has 3 aromatic rings. The second-order valence-corrected chi connectivity index (χ2v) is 5.59. The molecule has 0 saturated heterocycles. The molecule has 2 heterocycles. The molecule has 0 fully saturated rings. The van der Waals surface area contributed by atoms with Gasteiger partial charge in [-0.3, -0.25) is 9.78 Å². The standard InChI is InChI=1S/C17H17N3O/c1-11(2)7-13-8-16(21)20-17(19-13)15-10-18-9-12-5-3-4-6-14(12)15/h3-6,8-11H,7H2,1-2H3,(H,19,20,21). The largest absolute Gasteiger partial charge is 0.306 e. The van der Waals surface area contributed by atoms with Gasteiger partial charge in [0.25, 0.3) is 5.56 Å². The molecule has 0 atom stereocenters. The van der Waals surface area contributed by atoms with Crippen LogP contribution in [-0.2, 0) is 6.42 Å². The van der Waals surface area contributed by atoms with Crippen molar-refractivity contribution < 1.29 is 0 Å². The fraction of sp³-hybridized carbons (Fsp3) is 0.235. The summed E-state index contributed by atoms with van der Waals surface area (Å²) in [5.41, 5.74) is 1.55. The zero-order valence-electron chi connectivity index (χ0n) is 12.1. The number of nitrogens with one attached hydrogen (secondary N) is 1. The van der Waals surface area contributed by atoms with Crippen LogP contribution in [0.2, 0.25) is 0 Å². The van der Waals surface area contributed by atoms with Crippen LogP contribution in [0.15, 0.2) is 47.5 Å². The van der Waals surface area contributed by atoms with E-state index in [2.05, 4.69) is 28.8 Å². The molecule has 1 aromatic carbocycles. The van der Waals surface area contributed by atoms with Gasteiger partial charge in [0.2, 0.25) is 0 Å². The first kappa shape index (κ1) is 13.5. The average Bonchev–Trinajstić information content (AvgIpc) is 2.45. The minimum absolute atomic E-state index is 0.122. The Morgan fingerprint density at radius 2 is 2.00 bits per heavy atom. The molecule has 0 amide bonds. The lowest BCUT2D eigenvalue weighted by molar-refractivity contribution is 0.634. The number of nitrogens with zero attached hydrogens (tertiary/aromatic N) is 2. The molecule has 0 aliphatic heterocycles. The number of hydrogen-bond acceptors (Lipinski definition) is 3. The summed E-state index contributed by atoms with van der Waals surface area (Å²) < 4.78 is 0. The van der Waals surface area contributed by atoms with Gasteiger partial charge in [-0.05, 0) is 17.7 Å². The van der Waals surface area contributed by atoms with Crippen LogP contribution in [0, 0.1) is 5.92 Å². The average molecular weight is 279 g/mol. The van der Waals surface area contributed by atoms with E-state index in [1.54, 1.807) is 12.3 Å². The maximum absolute atomic E-state index is 11.9. The first-order valence-electron chi connectivity index (χ1n) is 7.07. The van der Waals surface area contributed by atoms with Crippen molar-refractivity contribution in [1.29, 1.82) is 0 Å². The predicted octanol–water partition coefficient (Wildman–Crippen LogP) is 3.18. The molecular weight excluding hydrogens is 262 g/mol. The Morgan fingerprint density at radius 1 is 1.19 bits per heavy atom. The van der Waals surface area contributed by atoms with Gasteiger partial charge in [-0.1, -0.05) is 38.1 Å². The summed E-state index contributed by atoms with van der Waals surface area (Å²) in [5, 5.41) is 2.07. The second-order valence-electron chi connectivity index (χ2n) is 5.59. The van der Waals surface area contributed by atoms with Crippen LogP contribution in [-0.4, -0.2) is 15.0 Å². The van der Waals surface area contributed by atoms with Crippen LogP contribution >= 0.6 is 0 Å². The van der Waals surface area contributed by atoms with E-state index < -0.39 is 0 Å². The van der Waals surface area contributed by atoms with E-state index in [0.29, 0.717) is 11.7 Å². The Bertz CT molecular complexity index is 831. The molecule has 0 saturated carbocycles. The summed E-state index contributed by atoms with van der Waals surface area (Å²) in [6.45, 7) is 4.23. The molecule has 4 heteroatoms. The van der Waals surface area contributed by atoms with Gasteiger partial charge < -0.3 is 4.98 Å². The summed E-state index contributed by atoms with van der Waals surface area (Å²) in [4.78, 5) is 23.6. The van der Waals surface area contributed by atoms with E-state index >= 15 is 0 Å². The first-order chi connectivity index (χ1) is 10.1. The molecule has 0 bridgehead atoms. The number of H-pyrrole nitrogens is 1. The maximum Gasteiger partial charge on any atom is 0.251 e. The lowest BCUT2D eigenvalue weighted by Gasteiger charge is -2.08. The van der Waals surface area contributed by atoms with Crippen LogP contribution in [0.1, 0.15) is 19.5 Å². The quantitative estimate of drug-likeness (QED) is 0.801. The van der Waals surface area contributed by atoms with Gasteiger partial charge in [0.05, 0.1) is 0 Å². The topological polar surface area (TPSA) is 58.6 Å². The molecular formula is C17H17N3O. The second kappa shape index (κ2) is 5.48. The fourth-order valence-corrected chi connectivity index (χ4v) is 2.46. The minimum atomic E-state index is -0.122. The SMILES string of the molecule is CC(C)Cc1cc(=O)[nH]c(-c2cncc3ccccc23)n1. The monoisotopic (exact) mass is 279 g/mol. The normalized spacial score (nSPS) is 11.2. The smallest absolute Gasteiger partial charge is 0.251 e. The highest BCUT2D eigenvalue weighted by Gasteiger charge is 2.09. The summed E-state index contributed by atoms with van der Waals surface area (Å²) in [7, 11) is 0. The Hall–Kier alpha value is -2.49. The fourth-order valence-electron chi connectivity index (χ4n) is 2.46. The molecule has 1 N–H and O–H groups in total. The van der Waals surface area contributed by atoms with E-state index in [1.807, 2.05) is 30.5 Å². The Labute approximate surface area is 122 Å². The first-order valence-corrected chi connectivity index (χ1v) is 7.07. The number of benzene rings is 1. The van der Waals surface area contributed by atoms with Crippen LogP contribution in [0.4, 0.5) is 0 Å². The van der Waals surface area contributed by atoms with E-state index in [1.165, 1.54) is 0 Å². The van der Waals surface area contributed by atoms with Crippen molar-refractivity contribution in [3.63, 3.8) is 0 Å². The highest BCUT2D eigenvalue weighted by Crippen LogP contribution is 2.24. The zero-order chi connectivity index (χ0) is 14.8. The molecule has 0 aliphatic rings. The maximum atomic E-state index is 11.9. The van der Waals surface area contributed by atoms with Gasteiger partial charge in [-0.25, -0.2) is 4.98 Å². The van der Waals surface area contributed by atoms with Gasteiger partial charge in [-0.2, -0.15) is 0 Å². The van der Waals surface area contributed by atoms with Crippen molar-refractivity contribution in [2.75, 3.05) is 0 Å². The highest BCUT2D eigenvalue weighted by molar-refractivity contribution is 5.93. The lowest BCUT2D eigenvalue weighted by Crippen LogP contribution is -2.12. The number of rotatable bonds is 3. The van der Waals surface area contributed by atoms with E-state index in [9.17, 15) is 4.79 Å². The molecule has 0 unspecified atom stereocenters. The molecule has 106 valence electrons. The van der Waals surface area contributed by atoms with Gasteiger partial charge in [-0.15, -0.1) is 0 Å². The van der Waals surface area contributed by atoms with E-state index in [-0.39, 0.29) is 5.56 Å². The van der Waals surface area contributed by atoms with Gasteiger partial charge >= 0.3 is 0 Å².